The topological polar surface area (TPSA) is 75.3 Å². The number of carbonyl (C=O) groups excluding carboxylic acids is 1. The molecule has 1 fully saturated rings. The minimum Gasteiger partial charge on any atom is -0.374 e. The van der Waals surface area contributed by atoms with Gasteiger partial charge in [-0.1, -0.05) is 0 Å². The van der Waals surface area contributed by atoms with Crippen LogP contribution in [0.5, 0.6) is 0 Å². The third kappa shape index (κ3) is 3.87. The van der Waals surface area contributed by atoms with Crippen LogP contribution >= 0.6 is 0 Å². The number of amides is 1. The summed E-state index contributed by atoms with van der Waals surface area (Å²) in [6.07, 6.45) is 0.327. The average molecular weight is 322 g/mol. The highest BCUT2D eigenvalue weighted by Gasteiger charge is 2.28. The molecule has 0 aliphatic carbocycles. The van der Waals surface area contributed by atoms with Crippen LogP contribution in [-0.2, 0) is 14.6 Å². The summed E-state index contributed by atoms with van der Waals surface area (Å²) >= 11 is 0. The summed E-state index contributed by atoms with van der Waals surface area (Å²) < 4.78 is 61.5. The average Bonchev–Trinajstić information content (AvgIpc) is 2.74. The van der Waals surface area contributed by atoms with Crippen LogP contribution in [0.1, 0.15) is 6.42 Å². The summed E-state index contributed by atoms with van der Waals surface area (Å²) in [5.74, 6) is -5.02. The van der Waals surface area contributed by atoms with E-state index in [0.717, 1.165) is 12.1 Å². The van der Waals surface area contributed by atoms with Gasteiger partial charge in [0.15, 0.2) is 27.3 Å². The Labute approximate surface area is 119 Å². The lowest BCUT2D eigenvalue weighted by Gasteiger charge is -2.12. The molecule has 5 nitrogen and oxygen atoms in total. The van der Waals surface area contributed by atoms with Crippen molar-refractivity contribution in [1.82, 2.24) is 5.32 Å². The minimum atomic E-state index is -3.11. The molecule has 1 aromatic rings. The third-order valence-electron chi connectivity index (χ3n) is 3.07. The zero-order chi connectivity index (χ0) is 15.6. The molecular formula is C12H13F3N2O3S. The summed E-state index contributed by atoms with van der Waals surface area (Å²) in [6.45, 7) is -0.376. The van der Waals surface area contributed by atoms with Gasteiger partial charge in [0.2, 0.25) is 5.91 Å². The van der Waals surface area contributed by atoms with Crippen molar-refractivity contribution < 1.29 is 26.4 Å². The number of carbonyl (C=O) groups is 1. The first-order chi connectivity index (χ1) is 9.78. The highest BCUT2D eigenvalue weighted by atomic mass is 32.2. The van der Waals surface area contributed by atoms with Crippen LogP contribution in [0.3, 0.4) is 0 Å². The lowest BCUT2D eigenvalue weighted by atomic mass is 10.2. The van der Waals surface area contributed by atoms with E-state index in [0.29, 0.717) is 6.42 Å². The van der Waals surface area contributed by atoms with Crippen LogP contribution < -0.4 is 10.6 Å². The molecule has 0 saturated carbocycles. The van der Waals surface area contributed by atoms with Gasteiger partial charge in [0.25, 0.3) is 0 Å². The molecule has 1 unspecified atom stereocenters. The lowest BCUT2D eigenvalue weighted by Crippen LogP contribution is -2.39. The van der Waals surface area contributed by atoms with Gasteiger partial charge < -0.3 is 10.6 Å². The molecule has 9 heteroatoms. The van der Waals surface area contributed by atoms with Crippen molar-refractivity contribution in [3.8, 4) is 0 Å². The number of hydrogen-bond donors (Lipinski definition) is 2. The summed E-state index contributed by atoms with van der Waals surface area (Å²) in [4.78, 5) is 11.6. The van der Waals surface area contributed by atoms with Crippen LogP contribution in [0.4, 0.5) is 18.9 Å². The number of halogens is 3. The largest absolute Gasteiger partial charge is 0.374 e. The summed E-state index contributed by atoms with van der Waals surface area (Å²) in [5.41, 5.74) is -0.344. The first kappa shape index (κ1) is 15.6. The SMILES string of the molecule is O=C(CNc1ccc(F)c(F)c1F)NC1CCS(=O)(=O)C1. The van der Waals surface area contributed by atoms with Crippen LogP contribution in [-0.4, -0.2) is 38.4 Å². The molecule has 2 N–H and O–H groups in total. The monoisotopic (exact) mass is 322 g/mol. The Morgan fingerprint density at radius 3 is 2.57 bits per heavy atom. The maximum absolute atomic E-state index is 13.3. The van der Waals surface area contributed by atoms with E-state index in [4.69, 9.17) is 0 Å². The molecular weight excluding hydrogens is 309 g/mol. The van der Waals surface area contributed by atoms with Crippen molar-refractivity contribution in [3.05, 3.63) is 29.6 Å². The highest BCUT2D eigenvalue weighted by molar-refractivity contribution is 7.91. The van der Waals surface area contributed by atoms with E-state index in [9.17, 15) is 26.4 Å². The maximum atomic E-state index is 13.3. The van der Waals surface area contributed by atoms with Crippen LogP contribution in [0.2, 0.25) is 0 Å². The summed E-state index contributed by atoms with van der Waals surface area (Å²) in [7, 11) is -3.11. The molecule has 116 valence electrons. The first-order valence-electron chi connectivity index (χ1n) is 6.15. The van der Waals surface area contributed by atoms with E-state index in [-0.39, 0.29) is 23.7 Å². The number of anilines is 1. The first-order valence-corrected chi connectivity index (χ1v) is 7.98. The molecule has 1 atom stereocenters. The van der Waals surface area contributed by atoms with Gasteiger partial charge >= 0.3 is 0 Å². The predicted octanol–water partition coefficient (Wildman–Crippen LogP) is 0.819. The van der Waals surface area contributed by atoms with Gasteiger partial charge in [-0.25, -0.2) is 21.6 Å². The standard InChI is InChI=1S/C12H13F3N2O3S/c13-8-1-2-9(12(15)11(8)14)16-5-10(18)17-7-3-4-21(19,20)6-7/h1-2,7,16H,3-6H2,(H,17,18). The normalized spacial score (nSPS) is 20.2. The second kappa shape index (κ2) is 5.92. The zero-order valence-corrected chi connectivity index (χ0v) is 11.6. The highest BCUT2D eigenvalue weighted by Crippen LogP contribution is 2.19. The van der Waals surface area contributed by atoms with Gasteiger partial charge in [-0.3, -0.25) is 4.79 Å². The van der Waals surface area contributed by atoms with Crippen LogP contribution in [0, 0.1) is 17.5 Å². The number of sulfone groups is 1. The van der Waals surface area contributed by atoms with Gasteiger partial charge in [-0.2, -0.15) is 0 Å². The van der Waals surface area contributed by atoms with Gasteiger partial charge in [0.1, 0.15) is 0 Å². The second-order valence-electron chi connectivity index (χ2n) is 4.74. The van der Waals surface area contributed by atoms with Crippen LogP contribution in [0.15, 0.2) is 12.1 Å². The molecule has 0 bridgehead atoms. The quantitative estimate of drug-likeness (QED) is 0.805. The van der Waals surface area contributed by atoms with Gasteiger partial charge in [-0.15, -0.1) is 0 Å². The predicted molar refractivity (Wildman–Crippen MR) is 70.0 cm³/mol. The van der Waals surface area contributed by atoms with E-state index < -0.39 is 39.2 Å². The number of benzene rings is 1. The van der Waals surface area contributed by atoms with E-state index in [1.165, 1.54) is 0 Å². The smallest absolute Gasteiger partial charge is 0.239 e. The van der Waals surface area contributed by atoms with Gasteiger partial charge in [0.05, 0.1) is 23.7 Å². The molecule has 0 spiro atoms. The fourth-order valence-corrected chi connectivity index (χ4v) is 3.70. The summed E-state index contributed by atoms with van der Waals surface area (Å²) in [6, 6.07) is 1.24. The Bertz CT molecular complexity index is 664. The Hall–Kier alpha value is -1.77. The van der Waals surface area contributed by atoms with Crippen LogP contribution in [0.25, 0.3) is 0 Å². The Morgan fingerprint density at radius 2 is 1.95 bits per heavy atom. The molecule has 2 rings (SSSR count). The zero-order valence-electron chi connectivity index (χ0n) is 10.8. The van der Waals surface area contributed by atoms with Crippen molar-refractivity contribution in [3.63, 3.8) is 0 Å². The van der Waals surface area contributed by atoms with Gasteiger partial charge in [-0.05, 0) is 18.6 Å². The maximum Gasteiger partial charge on any atom is 0.239 e. The molecule has 0 aromatic heterocycles. The van der Waals surface area contributed by atoms with Crippen molar-refractivity contribution >= 4 is 21.4 Å². The summed E-state index contributed by atoms with van der Waals surface area (Å²) in [5, 5.41) is 4.81. The Morgan fingerprint density at radius 1 is 1.24 bits per heavy atom. The molecule has 21 heavy (non-hydrogen) atoms. The fraction of sp³-hybridized carbons (Fsp3) is 0.417. The van der Waals surface area contributed by atoms with Crippen molar-refractivity contribution in [2.24, 2.45) is 0 Å². The lowest BCUT2D eigenvalue weighted by molar-refractivity contribution is -0.119. The molecule has 1 aliphatic heterocycles. The number of hydrogen-bond acceptors (Lipinski definition) is 4. The number of rotatable bonds is 4. The minimum absolute atomic E-state index is 0.0170. The van der Waals surface area contributed by atoms with E-state index in [1.54, 1.807) is 0 Å². The Balaban J connectivity index is 1.89. The van der Waals surface area contributed by atoms with Crippen molar-refractivity contribution in [2.45, 2.75) is 12.5 Å². The third-order valence-corrected chi connectivity index (χ3v) is 4.84. The molecule has 1 heterocycles. The molecule has 1 aromatic carbocycles. The van der Waals surface area contributed by atoms with E-state index >= 15 is 0 Å². The van der Waals surface area contributed by atoms with E-state index in [2.05, 4.69) is 10.6 Å². The van der Waals surface area contributed by atoms with E-state index in [1.807, 2.05) is 0 Å². The molecule has 1 amide bonds. The van der Waals surface area contributed by atoms with Gasteiger partial charge in [0, 0.05) is 6.04 Å². The number of nitrogens with one attached hydrogen (secondary N) is 2. The molecule has 0 radical (unpaired) electrons. The molecule has 1 aliphatic rings. The molecule has 1 saturated heterocycles. The Kier molecular flexibility index (Phi) is 4.40. The fourth-order valence-electron chi connectivity index (χ4n) is 2.03. The second-order valence-corrected chi connectivity index (χ2v) is 6.97. The van der Waals surface area contributed by atoms with Crippen molar-refractivity contribution in [1.29, 1.82) is 0 Å². The van der Waals surface area contributed by atoms with Crippen molar-refractivity contribution in [2.75, 3.05) is 23.4 Å².